The number of aliphatic hydroxyl groups is 2. The molecule has 2 rings (SSSR count). The molecule has 21 heavy (non-hydrogen) atoms. The Hall–Kier alpha value is -0.120. The second-order valence-electron chi connectivity index (χ2n) is 7.75. The normalized spacial score (nSPS) is 34.9. The van der Waals surface area contributed by atoms with Crippen LogP contribution >= 0.6 is 0 Å². The van der Waals surface area contributed by atoms with Gasteiger partial charge in [-0.2, -0.15) is 0 Å². The van der Waals surface area contributed by atoms with Gasteiger partial charge in [-0.1, -0.05) is 13.8 Å². The molecule has 0 aromatic heterocycles. The third-order valence-electron chi connectivity index (χ3n) is 6.13. The van der Waals surface area contributed by atoms with Crippen molar-refractivity contribution in [1.29, 1.82) is 0 Å². The van der Waals surface area contributed by atoms with E-state index in [0.717, 1.165) is 31.1 Å². The zero-order valence-corrected chi connectivity index (χ0v) is 13.9. The monoisotopic (exact) mass is 298 g/mol. The topological polar surface area (TPSA) is 49.7 Å². The Labute approximate surface area is 130 Å². The van der Waals surface area contributed by atoms with Crippen molar-refractivity contribution in [2.75, 3.05) is 13.2 Å². The zero-order valence-electron chi connectivity index (χ0n) is 13.9. The molecule has 3 heteroatoms. The SMILES string of the molecule is CC(C)(C1CCC(O)CC1)C1CCC(OCCCO)CC1. The van der Waals surface area contributed by atoms with Crippen LogP contribution < -0.4 is 0 Å². The first-order valence-corrected chi connectivity index (χ1v) is 8.94. The molecule has 0 saturated heterocycles. The van der Waals surface area contributed by atoms with Crippen molar-refractivity contribution in [2.45, 2.75) is 83.8 Å². The first kappa shape index (κ1) is 17.2. The van der Waals surface area contributed by atoms with E-state index in [1.54, 1.807) is 0 Å². The zero-order chi connectivity index (χ0) is 15.3. The molecule has 0 aliphatic heterocycles. The Morgan fingerprint density at radius 1 is 0.905 bits per heavy atom. The van der Waals surface area contributed by atoms with Gasteiger partial charge >= 0.3 is 0 Å². The van der Waals surface area contributed by atoms with E-state index in [-0.39, 0.29) is 12.7 Å². The summed E-state index contributed by atoms with van der Waals surface area (Å²) in [6.07, 6.45) is 10.4. The van der Waals surface area contributed by atoms with E-state index in [1.807, 2.05) is 0 Å². The van der Waals surface area contributed by atoms with E-state index >= 15 is 0 Å². The standard InChI is InChI=1S/C18H34O3/c1-18(2,14-4-8-16(20)9-5-14)15-6-10-17(11-7-15)21-13-3-12-19/h14-17,19-20H,3-13H2,1-2H3. The van der Waals surface area contributed by atoms with Gasteiger partial charge in [0.2, 0.25) is 0 Å². The van der Waals surface area contributed by atoms with E-state index in [0.29, 0.717) is 18.1 Å². The second kappa shape index (κ2) is 7.94. The molecule has 2 fully saturated rings. The minimum Gasteiger partial charge on any atom is -0.396 e. The summed E-state index contributed by atoms with van der Waals surface area (Å²) in [5.41, 5.74) is 0.399. The van der Waals surface area contributed by atoms with Crippen molar-refractivity contribution < 1.29 is 14.9 Å². The van der Waals surface area contributed by atoms with Crippen LogP contribution in [0.15, 0.2) is 0 Å². The molecule has 0 heterocycles. The molecule has 2 aliphatic rings. The fourth-order valence-electron chi connectivity index (χ4n) is 4.44. The quantitative estimate of drug-likeness (QED) is 0.738. The van der Waals surface area contributed by atoms with Gasteiger partial charge in [-0.25, -0.2) is 0 Å². The number of hydrogen-bond donors (Lipinski definition) is 2. The highest BCUT2D eigenvalue weighted by atomic mass is 16.5. The van der Waals surface area contributed by atoms with Gasteiger partial charge in [0.05, 0.1) is 12.2 Å². The molecule has 2 saturated carbocycles. The lowest BCUT2D eigenvalue weighted by Crippen LogP contribution is -2.38. The van der Waals surface area contributed by atoms with Gasteiger partial charge in [-0.15, -0.1) is 0 Å². The Bertz CT molecular complexity index is 287. The molecule has 0 aromatic rings. The summed E-state index contributed by atoms with van der Waals surface area (Å²) in [4.78, 5) is 0. The van der Waals surface area contributed by atoms with Crippen molar-refractivity contribution in [1.82, 2.24) is 0 Å². The summed E-state index contributed by atoms with van der Waals surface area (Å²) in [5, 5.41) is 18.5. The number of rotatable bonds is 6. The third-order valence-corrected chi connectivity index (χ3v) is 6.13. The lowest BCUT2D eigenvalue weighted by Gasteiger charge is -2.46. The number of ether oxygens (including phenoxy) is 1. The highest BCUT2D eigenvalue weighted by Gasteiger charge is 2.40. The molecule has 0 amide bonds. The van der Waals surface area contributed by atoms with Crippen molar-refractivity contribution >= 4 is 0 Å². The van der Waals surface area contributed by atoms with Crippen LogP contribution in [0.25, 0.3) is 0 Å². The first-order chi connectivity index (χ1) is 10.0. The molecule has 3 nitrogen and oxygen atoms in total. The van der Waals surface area contributed by atoms with Crippen LogP contribution in [0.5, 0.6) is 0 Å². The van der Waals surface area contributed by atoms with Crippen molar-refractivity contribution in [3.63, 3.8) is 0 Å². The summed E-state index contributed by atoms with van der Waals surface area (Å²) in [6, 6.07) is 0. The lowest BCUT2D eigenvalue weighted by atomic mass is 9.60. The second-order valence-corrected chi connectivity index (χ2v) is 7.75. The van der Waals surface area contributed by atoms with Crippen molar-refractivity contribution in [3.05, 3.63) is 0 Å². The fraction of sp³-hybridized carbons (Fsp3) is 1.00. The van der Waals surface area contributed by atoms with E-state index in [4.69, 9.17) is 9.84 Å². The Balaban J connectivity index is 1.77. The predicted molar refractivity (Wildman–Crippen MR) is 85.1 cm³/mol. The van der Waals surface area contributed by atoms with Gasteiger partial charge in [0.15, 0.2) is 0 Å². The van der Waals surface area contributed by atoms with Gasteiger partial charge in [0, 0.05) is 13.2 Å². The average Bonchev–Trinajstić information content (AvgIpc) is 2.48. The molecular formula is C18H34O3. The molecule has 0 bridgehead atoms. The summed E-state index contributed by atoms with van der Waals surface area (Å²) in [6.45, 7) is 5.84. The van der Waals surface area contributed by atoms with Gasteiger partial charge in [-0.3, -0.25) is 0 Å². The molecule has 2 N–H and O–H groups in total. The Morgan fingerprint density at radius 3 is 1.95 bits per heavy atom. The van der Waals surface area contributed by atoms with Gasteiger partial charge in [-0.05, 0) is 75.0 Å². The van der Waals surface area contributed by atoms with Crippen LogP contribution in [-0.4, -0.2) is 35.6 Å². The van der Waals surface area contributed by atoms with E-state index < -0.39 is 0 Å². The van der Waals surface area contributed by atoms with Crippen LogP contribution in [0.3, 0.4) is 0 Å². The molecular weight excluding hydrogens is 264 g/mol. The number of hydrogen-bond acceptors (Lipinski definition) is 3. The van der Waals surface area contributed by atoms with Crippen LogP contribution in [0.4, 0.5) is 0 Å². The minimum absolute atomic E-state index is 0.0484. The van der Waals surface area contributed by atoms with Crippen LogP contribution in [0.1, 0.15) is 71.6 Å². The highest BCUT2D eigenvalue weighted by molar-refractivity contribution is 4.90. The van der Waals surface area contributed by atoms with Crippen LogP contribution in [-0.2, 0) is 4.74 Å². The van der Waals surface area contributed by atoms with Crippen molar-refractivity contribution in [2.24, 2.45) is 17.3 Å². The third kappa shape index (κ3) is 4.67. The average molecular weight is 298 g/mol. The molecule has 0 atom stereocenters. The van der Waals surface area contributed by atoms with Crippen LogP contribution in [0.2, 0.25) is 0 Å². The van der Waals surface area contributed by atoms with Crippen LogP contribution in [0, 0.1) is 17.3 Å². The van der Waals surface area contributed by atoms with E-state index in [1.165, 1.54) is 38.5 Å². The highest BCUT2D eigenvalue weighted by Crippen LogP contribution is 2.48. The Morgan fingerprint density at radius 2 is 1.43 bits per heavy atom. The maximum Gasteiger partial charge on any atom is 0.0575 e. The molecule has 124 valence electrons. The minimum atomic E-state index is -0.0484. The number of aliphatic hydroxyl groups excluding tert-OH is 2. The Kier molecular flexibility index (Phi) is 6.51. The molecule has 0 unspecified atom stereocenters. The molecule has 2 aliphatic carbocycles. The summed E-state index contributed by atoms with van der Waals surface area (Å²) < 4.78 is 5.85. The maximum atomic E-state index is 9.71. The van der Waals surface area contributed by atoms with E-state index in [9.17, 15) is 5.11 Å². The predicted octanol–water partition coefficient (Wildman–Crippen LogP) is 3.52. The summed E-state index contributed by atoms with van der Waals surface area (Å²) in [5.74, 6) is 1.58. The fourth-order valence-corrected chi connectivity index (χ4v) is 4.44. The summed E-state index contributed by atoms with van der Waals surface area (Å²) in [7, 11) is 0. The van der Waals surface area contributed by atoms with Gasteiger partial charge in [0.1, 0.15) is 0 Å². The molecule has 0 spiro atoms. The van der Waals surface area contributed by atoms with E-state index in [2.05, 4.69) is 13.8 Å². The van der Waals surface area contributed by atoms with Gasteiger partial charge in [0.25, 0.3) is 0 Å². The molecule has 0 aromatic carbocycles. The first-order valence-electron chi connectivity index (χ1n) is 8.94. The largest absolute Gasteiger partial charge is 0.396 e. The smallest absolute Gasteiger partial charge is 0.0575 e. The lowest BCUT2D eigenvalue weighted by molar-refractivity contribution is -0.0257. The summed E-state index contributed by atoms with van der Waals surface area (Å²) >= 11 is 0. The van der Waals surface area contributed by atoms with Crippen molar-refractivity contribution in [3.8, 4) is 0 Å². The molecule has 0 radical (unpaired) electrons. The maximum absolute atomic E-state index is 9.71. The van der Waals surface area contributed by atoms with Gasteiger partial charge < -0.3 is 14.9 Å².